The number of nitrogens with zero attached hydrogens (tertiary/aromatic N) is 3. The quantitative estimate of drug-likeness (QED) is 0.904. The van der Waals surface area contributed by atoms with E-state index >= 15 is 0 Å². The Labute approximate surface area is 104 Å². The molecule has 0 fully saturated rings. The second-order valence-electron chi connectivity index (χ2n) is 3.50. The number of pyridine rings is 1. The lowest BCUT2D eigenvalue weighted by molar-refractivity contribution is -0.144. The van der Waals surface area contributed by atoms with Gasteiger partial charge in [0.05, 0.1) is 17.0 Å². The molecule has 5 nitrogen and oxygen atoms in total. The Kier molecular flexibility index (Phi) is 3.16. The van der Waals surface area contributed by atoms with Crippen molar-refractivity contribution in [3.63, 3.8) is 0 Å². The zero-order chi connectivity index (χ0) is 14.0. The molecule has 8 heteroatoms. The van der Waals surface area contributed by atoms with E-state index in [4.69, 9.17) is 5.11 Å². The number of carbonyl (C=O) groups is 1. The van der Waals surface area contributed by atoms with Gasteiger partial charge in [0.2, 0.25) is 5.82 Å². The number of hydrogen-bond donors (Lipinski definition) is 1. The number of carboxylic acids is 1. The van der Waals surface area contributed by atoms with Crippen LogP contribution in [0.5, 0.6) is 0 Å². The average molecular weight is 269 g/mol. The van der Waals surface area contributed by atoms with E-state index in [0.717, 1.165) is 12.3 Å². The summed E-state index contributed by atoms with van der Waals surface area (Å²) < 4.78 is 37.4. The second kappa shape index (κ2) is 4.63. The highest BCUT2D eigenvalue weighted by atomic mass is 19.4. The summed E-state index contributed by atoms with van der Waals surface area (Å²) in [6.07, 6.45) is -2.53. The molecule has 19 heavy (non-hydrogen) atoms. The second-order valence-corrected chi connectivity index (χ2v) is 3.50. The van der Waals surface area contributed by atoms with Crippen LogP contribution in [0.3, 0.4) is 0 Å². The van der Waals surface area contributed by atoms with Gasteiger partial charge < -0.3 is 5.11 Å². The summed E-state index contributed by atoms with van der Waals surface area (Å²) in [5.41, 5.74) is -0.143. The smallest absolute Gasteiger partial charge is 0.451 e. The minimum Gasteiger partial charge on any atom is -0.478 e. The van der Waals surface area contributed by atoms with E-state index in [9.17, 15) is 18.0 Å². The molecule has 2 aromatic rings. The number of aromatic nitrogens is 3. The van der Waals surface area contributed by atoms with E-state index in [1.54, 1.807) is 0 Å². The zero-order valence-corrected chi connectivity index (χ0v) is 9.22. The first-order valence-electron chi connectivity index (χ1n) is 4.98. The van der Waals surface area contributed by atoms with Crippen LogP contribution in [0.15, 0.2) is 30.6 Å². The summed E-state index contributed by atoms with van der Waals surface area (Å²) in [7, 11) is 0. The van der Waals surface area contributed by atoms with Crippen molar-refractivity contribution in [3.8, 4) is 11.4 Å². The number of aromatic carboxylic acids is 1. The van der Waals surface area contributed by atoms with E-state index in [-0.39, 0.29) is 17.0 Å². The van der Waals surface area contributed by atoms with Crippen molar-refractivity contribution in [3.05, 3.63) is 42.0 Å². The van der Waals surface area contributed by atoms with Gasteiger partial charge in [-0.05, 0) is 18.2 Å². The normalized spacial score (nSPS) is 11.3. The van der Waals surface area contributed by atoms with E-state index in [1.807, 2.05) is 0 Å². The van der Waals surface area contributed by atoms with Crippen molar-refractivity contribution in [2.45, 2.75) is 6.18 Å². The predicted molar refractivity (Wildman–Crippen MR) is 57.2 cm³/mol. The first kappa shape index (κ1) is 12.9. The Morgan fingerprint density at radius 2 is 1.79 bits per heavy atom. The summed E-state index contributed by atoms with van der Waals surface area (Å²) in [6, 6.07) is 3.60. The first-order valence-corrected chi connectivity index (χ1v) is 4.98. The van der Waals surface area contributed by atoms with Gasteiger partial charge in [-0.3, -0.25) is 4.98 Å². The average Bonchev–Trinajstić information content (AvgIpc) is 2.38. The fraction of sp³-hybridized carbons (Fsp3) is 0.0909. The van der Waals surface area contributed by atoms with Crippen LogP contribution in [0.4, 0.5) is 13.2 Å². The lowest BCUT2D eigenvalue weighted by Gasteiger charge is -2.06. The molecule has 0 atom stereocenters. The molecule has 0 unspecified atom stereocenters. The molecule has 1 N–H and O–H groups in total. The van der Waals surface area contributed by atoms with Gasteiger partial charge in [0.1, 0.15) is 0 Å². The van der Waals surface area contributed by atoms with Crippen LogP contribution in [0.2, 0.25) is 0 Å². The van der Waals surface area contributed by atoms with Crippen molar-refractivity contribution in [1.29, 1.82) is 0 Å². The molecule has 0 aliphatic carbocycles. The number of carboxylic acid groups (broad SMARTS) is 1. The topological polar surface area (TPSA) is 76.0 Å². The highest BCUT2D eigenvalue weighted by Crippen LogP contribution is 2.27. The minimum absolute atomic E-state index is 0.0350. The van der Waals surface area contributed by atoms with Crippen molar-refractivity contribution < 1.29 is 23.1 Å². The first-order chi connectivity index (χ1) is 8.88. The monoisotopic (exact) mass is 269 g/mol. The molecule has 98 valence electrons. The zero-order valence-electron chi connectivity index (χ0n) is 9.22. The Hall–Kier alpha value is -2.51. The maximum atomic E-state index is 12.5. The standard InChI is InChI=1S/C11H6F3N3O2/c12-11(13,14)10-16-4-2-7(17-10)8-5-6(9(18)19)1-3-15-8/h1-5H,(H,18,19). The van der Waals surface area contributed by atoms with Crippen LogP contribution < -0.4 is 0 Å². The molecular formula is C11H6F3N3O2. The summed E-state index contributed by atoms with van der Waals surface area (Å²) in [4.78, 5) is 21.0. The van der Waals surface area contributed by atoms with Gasteiger partial charge in [-0.2, -0.15) is 13.2 Å². The summed E-state index contributed by atoms with van der Waals surface area (Å²) in [6.45, 7) is 0. The summed E-state index contributed by atoms with van der Waals surface area (Å²) in [5.74, 6) is -2.50. The van der Waals surface area contributed by atoms with Crippen LogP contribution in [-0.4, -0.2) is 26.0 Å². The molecule has 2 heterocycles. The number of halogens is 3. The molecule has 2 aromatic heterocycles. The molecule has 2 rings (SSSR count). The molecule has 0 bridgehead atoms. The van der Waals surface area contributed by atoms with Gasteiger partial charge in [-0.1, -0.05) is 0 Å². The van der Waals surface area contributed by atoms with Crippen LogP contribution in [0, 0.1) is 0 Å². The molecule has 0 radical (unpaired) electrons. The molecule has 0 aliphatic heterocycles. The van der Waals surface area contributed by atoms with Gasteiger partial charge in [0.15, 0.2) is 0 Å². The number of alkyl halides is 3. The molecule has 0 amide bonds. The highest BCUT2D eigenvalue weighted by molar-refractivity contribution is 5.88. The third kappa shape index (κ3) is 2.84. The molecule has 0 saturated carbocycles. The van der Waals surface area contributed by atoms with Gasteiger partial charge in [-0.25, -0.2) is 14.8 Å². The maximum Gasteiger partial charge on any atom is 0.451 e. The van der Waals surface area contributed by atoms with Gasteiger partial charge >= 0.3 is 12.1 Å². The molecular weight excluding hydrogens is 263 g/mol. The van der Waals surface area contributed by atoms with Crippen molar-refractivity contribution in [2.75, 3.05) is 0 Å². The predicted octanol–water partition coefficient (Wildman–Crippen LogP) is 2.26. The van der Waals surface area contributed by atoms with Crippen molar-refractivity contribution >= 4 is 5.97 Å². The molecule has 0 aromatic carbocycles. The van der Waals surface area contributed by atoms with Crippen LogP contribution >= 0.6 is 0 Å². The molecule has 0 aliphatic rings. The largest absolute Gasteiger partial charge is 0.478 e. The van der Waals surface area contributed by atoms with E-state index in [0.29, 0.717) is 0 Å². The number of hydrogen-bond acceptors (Lipinski definition) is 4. The highest BCUT2D eigenvalue weighted by Gasteiger charge is 2.34. The van der Waals surface area contributed by atoms with E-state index in [2.05, 4.69) is 15.0 Å². The maximum absolute atomic E-state index is 12.5. The van der Waals surface area contributed by atoms with E-state index < -0.39 is 18.0 Å². The Morgan fingerprint density at radius 3 is 2.42 bits per heavy atom. The molecule has 0 saturated heterocycles. The van der Waals surface area contributed by atoms with Crippen LogP contribution in [-0.2, 0) is 6.18 Å². The third-order valence-corrected chi connectivity index (χ3v) is 2.18. The SMILES string of the molecule is O=C(O)c1ccnc(-c2ccnc(C(F)(F)F)n2)c1. The van der Waals surface area contributed by atoms with Crippen LogP contribution in [0.1, 0.15) is 16.2 Å². The summed E-state index contributed by atoms with van der Waals surface area (Å²) >= 11 is 0. The van der Waals surface area contributed by atoms with Gasteiger partial charge in [0.25, 0.3) is 0 Å². The lowest BCUT2D eigenvalue weighted by Crippen LogP contribution is -2.11. The number of rotatable bonds is 2. The Balaban J connectivity index is 2.48. The van der Waals surface area contributed by atoms with E-state index in [1.165, 1.54) is 18.3 Å². The summed E-state index contributed by atoms with van der Waals surface area (Å²) in [5, 5.41) is 8.80. The molecule has 0 spiro atoms. The fourth-order valence-electron chi connectivity index (χ4n) is 1.34. The lowest BCUT2D eigenvalue weighted by atomic mass is 10.2. The fourth-order valence-corrected chi connectivity index (χ4v) is 1.34. The van der Waals surface area contributed by atoms with Gasteiger partial charge in [-0.15, -0.1) is 0 Å². The van der Waals surface area contributed by atoms with Crippen LogP contribution in [0.25, 0.3) is 11.4 Å². The van der Waals surface area contributed by atoms with Crippen molar-refractivity contribution in [1.82, 2.24) is 15.0 Å². The Morgan fingerprint density at radius 1 is 1.11 bits per heavy atom. The van der Waals surface area contributed by atoms with Crippen molar-refractivity contribution in [2.24, 2.45) is 0 Å². The third-order valence-electron chi connectivity index (χ3n) is 2.18. The minimum atomic E-state index is -4.67. The Bertz CT molecular complexity index is 629. The van der Waals surface area contributed by atoms with Gasteiger partial charge in [0, 0.05) is 12.4 Å².